The number of benzene rings is 1. The standard InChI is InChI=1S/C11H15NO2/c1-9(14-11(12)13)7-8-10-5-3-2-4-6-10/h2-6,9H,7-8H2,1H3,(H2,12,13). The highest BCUT2D eigenvalue weighted by molar-refractivity contribution is 5.64. The van der Waals surface area contributed by atoms with Crippen molar-refractivity contribution in [3.8, 4) is 0 Å². The van der Waals surface area contributed by atoms with E-state index < -0.39 is 6.09 Å². The summed E-state index contributed by atoms with van der Waals surface area (Å²) in [5.74, 6) is 0. The first-order valence-corrected chi connectivity index (χ1v) is 4.68. The Morgan fingerprint density at radius 3 is 2.64 bits per heavy atom. The van der Waals surface area contributed by atoms with Gasteiger partial charge in [0.1, 0.15) is 6.10 Å². The zero-order chi connectivity index (χ0) is 10.4. The molecule has 1 atom stereocenters. The Balaban J connectivity index is 2.30. The van der Waals surface area contributed by atoms with Crippen LogP contribution >= 0.6 is 0 Å². The van der Waals surface area contributed by atoms with E-state index in [1.54, 1.807) is 0 Å². The number of hydrogen-bond donors (Lipinski definition) is 1. The highest BCUT2D eigenvalue weighted by Gasteiger charge is 2.05. The lowest BCUT2D eigenvalue weighted by Crippen LogP contribution is -2.20. The largest absolute Gasteiger partial charge is 0.447 e. The van der Waals surface area contributed by atoms with Gasteiger partial charge in [0.15, 0.2) is 0 Å². The summed E-state index contributed by atoms with van der Waals surface area (Å²) in [6.07, 6.45) is 0.876. The molecule has 3 heteroatoms. The first-order chi connectivity index (χ1) is 6.68. The number of carbonyl (C=O) groups is 1. The Labute approximate surface area is 83.9 Å². The first kappa shape index (κ1) is 10.6. The van der Waals surface area contributed by atoms with E-state index in [2.05, 4.69) is 12.1 Å². The minimum absolute atomic E-state index is 0.118. The lowest BCUT2D eigenvalue weighted by atomic mass is 10.1. The Morgan fingerprint density at radius 2 is 2.07 bits per heavy atom. The van der Waals surface area contributed by atoms with E-state index in [-0.39, 0.29) is 6.10 Å². The Bertz CT molecular complexity index is 285. The third-order valence-electron chi connectivity index (χ3n) is 2.00. The molecule has 3 nitrogen and oxygen atoms in total. The van der Waals surface area contributed by atoms with Crippen molar-refractivity contribution in [1.82, 2.24) is 0 Å². The zero-order valence-electron chi connectivity index (χ0n) is 8.27. The van der Waals surface area contributed by atoms with Gasteiger partial charge in [0, 0.05) is 0 Å². The lowest BCUT2D eigenvalue weighted by molar-refractivity contribution is 0.111. The molecule has 1 unspecified atom stereocenters. The summed E-state index contributed by atoms with van der Waals surface area (Å²) in [5.41, 5.74) is 6.14. The van der Waals surface area contributed by atoms with E-state index >= 15 is 0 Å². The molecule has 0 saturated carbocycles. The molecule has 0 aromatic heterocycles. The van der Waals surface area contributed by atoms with E-state index in [9.17, 15) is 4.79 Å². The third-order valence-corrected chi connectivity index (χ3v) is 2.00. The van der Waals surface area contributed by atoms with E-state index in [0.717, 1.165) is 12.8 Å². The third kappa shape index (κ3) is 3.94. The molecular weight excluding hydrogens is 178 g/mol. The predicted molar refractivity (Wildman–Crippen MR) is 54.9 cm³/mol. The van der Waals surface area contributed by atoms with Crippen molar-refractivity contribution >= 4 is 6.09 Å². The highest BCUT2D eigenvalue weighted by atomic mass is 16.6. The fourth-order valence-corrected chi connectivity index (χ4v) is 1.27. The molecule has 1 aromatic carbocycles. The molecule has 76 valence electrons. The average Bonchev–Trinajstić information content (AvgIpc) is 2.15. The number of nitrogens with two attached hydrogens (primary N) is 1. The van der Waals surface area contributed by atoms with Gasteiger partial charge in [0.25, 0.3) is 0 Å². The van der Waals surface area contributed by atoms with Gasteiger partial charge in [-0.3, -0.25) is 0 Å². The first-order valence-electron chi connectivity index (χ1n) is 4.68. The fourth-order valence-electron chi connectivity index (χ4n) is 1.27. The van der Waals surface area contributed by atoms with Gasteiger partial charge in [-0.1, -0.05) is 30.3 Å². The number of rotatable bonds is 4. The van der Waals surface area contributed by atoms with Gasteiger partial charge in [-0.05, 0) is 25.3 Å². The average molecular weight is 193 g/mol. The number of carbonyl (C=O) groups excluding carboxylic acids is 1. The van der Waals surface area contributed by atoms with Crippen LogP contribution in [0.2, 0.25) is 0 Å². The van der Waals surface area contributed by atoms with Crippen LogP contribution in [0.4, 0.5) is 4.79 Å². The number of hydrogen-bond acceptors (Lipinski definition) is 2. The summed E-state index contributed by atoms with van der Waals surface area (Å²) < 4.78 is 4.81. The highest BCUT2D eigenvalue weighted by Crippen LogP contribution is 2.06. The molecule has 1 aromatic rings. The molecule has 1 rings (SSSR count). The summed E-state index contributed by atoms with van der Waals surface area (Å²) in [7, 11) is 0. The van der Waals surface area contributed by atoms with Gasteiger partial charge >= 0.3 is 6.09 Å². The minimum atomic E-state index is -0.703. The van der Waals surface area contributed by atoms with Crippen LogP contribution < -0.4 is 5.73 Å². The maximum Gasteiger partial charge on any atom is 0.404 e. The van der Waals surface area contributed by atoms with Gasteiger partial charge in [0.2, 0.25) is 0 Å². The van der Waals surface area contributed by atoms with E-state index in [1.165, 1.54) is 5.56 Å². The summed E-state index contributed by atoms with van der Waals surface area (Å²) in [4.78, 5) is 10.4. The summed E-state index contributed by atoms with van der Waals surface area (Å²) >= 11 is 0. The summed E-state index contributed by atoms with van der Waals surface area (Å²) in [5, 5.41) is 0. The molecule has 0 saturated heterocycles. The topological polar surface area (TPSA) is 52.3 Å². The maximum atomic E-state index is 10.4. The number of aryl methyl sites for hydroxylation is 1. The van der Waals surface area contributed by atoms with Crippen LogP contribution in [0.15, 0.2) is 30.3 Å². The van der Waals surface area contributed by atoms with E-state index in [0.29, 0.717) is 0 Å². The summed E-state index contributed by atoms with van der Waals surface area (Å²) in [6.45, 7) is 1.84. The lowest BCUT2D eigenvalue weighted by Gasteiger charge is -2.10. The molecule has 0 heterocycles. The normalized spacial score (nSPS) is 12.1. The van der Waals surface area contributed by atoms with Crippen molar-refractivity contribution in [3.05, 3.63) is 35.9 Å². The molecule has 0 spiro atoms. The van der Waals surface area contributed by atoms with Crippen molar-refractivity contribution in [1.29, 1.82) is 0 Å². The van der Waals surface area contributed by atoms with Crippen molar-refractivity contribution in [2.24, 2.45) is 5.73 Å². The Kier molecular flexibility index (Phi) is 3.98. The van der Waals surface area contributed by atoms with Crippen molar-refractivity contribution in [2.45, 2.75) is 25.9 Å². The summed E-state index contributed by atoms with van der Waals surface area (Å²) in [6, 6.07) is 10.1. The van der Waals surface area contributed by atoms with E-state index in [4.69, 9.17) is 10.5 Å². The molecule has 0 aliphatic heterocycles. The number of amides is 1. The van der Waals surface area contributed by atoms with Crippen LogP contribution in [0.5, 0.6) is 0 Å². The quantitative estimate of drug-likeness (QED) is 0.796. The van der Waals surface area contributed by atoms with Crippen LogP contribution in [-0.4, -0.2) is 12.2 Å². The van der Waals surface area contributed by atoms with Crippen LogP contribution in [0.1, 0.15) is 18.9 Å². The molecule has 0 fully saturated rings. The van der Waals surface area contributed by atoms with Crippen LogP contribution in [-0.2, 0) is 11.2 Å². The second-order valence-electron chi connectivity index (χ2n) is 3.27. The second kappa shape index (κ2) is 5.27. The molecular formula is C11H15NO2. The molecule has 0 aliphatic carbocycles. The molecule has 14 heavy (non-hydrogen) atoms. The van der Waals surface area contributed by atoms with E-state index in [1.807, 2.05) is 25.1 Å². The van der Waals surface area contributed by atoms with Crippen molar-refractivity contribution in [2.75, 3.05) is 0 Å². The van der Waals surface area contributed by atoms with Gasteiger partial charge in [-0.2, -0.15) is 0 Å². The predicted octanol–water partition coefficient (Wildman–Crippen LogP) is 2.10. The molecule has 0 aliphatic rings. The molecule has 2 N–H and O–H groups in total. The maximum absolute atomic E-state index is 10.4. The monoisotopic (exact) mass is 193 g/mol. The van der Waals surface area contributed by atoms with Gasteiger partial charge in [-0.25, -0.2) is 4.79 Å². The molecule has 1 amide bonds. The molecule has 0 radical (unpaired) electrons. The number of primary amides is 1. The Hall–Kier alpha value is -1.51. The fraction of sp³-hybridized carbons (Fsp3) is 0.364. The van der Waals surface area contributed by atoms with Crippen LogP contribution in [0.25, 0.3) is 0 Å². The van der Waals surface area contributed by atoms with Gasteiger partial charge in [-0.15, -0.1) is 0 Å². The second-order valence-corrected chi connectivity index (χ2v) is 3.27. The Morgan fingerprint density at radius 1 is 1.43 bits per heavy atom. The van der Waals surface area contributed by atoms with Crippen molar-refractivity contribution in [3.63, 3.8) is 0 Å². The van der Waals surface area contributed by atoms with Gasteiger partial charge in [0.05, 0.1) is 0 Å². The molecule has 0 bridgehead atoms. The van der Waals surface area contributed by atoms with Crippen LogP contribution in [0.3, 0.4) is 0 Å². The smallest absolute Gasteiger partial charge is 0.404 e. The SMILES string of the molecule is CC(CCc1ccccc1)OC(N)=O. The van der Waals surface area contributed by atoms with Crippen LogP contribution in [0, 0.1) is 0 Å². The number of ether oxygens (including phenoxy) is 1. The zero-order valence-corrected chi connectivity index (χ0v) is 8.27. The van der Waals surface area contributed by atoms with Crippen molar-refractivity contribution < 1.29 is 9.53 Å². The van der Waals surface area contributed by atoms with Gasteiger partial charge < -0.3 is 10.5 Å². The minimum Gasteiger partial charge on any atom is -0.447 e.